The van der Waals surface area contributed by atoms with E-state index in [1.54, 1.807) is 0 Å². The topological polar surface area (TPSA) is 0 Å². The zero-order valence-corrected chi connectivity index (χ0v) is 11.0. The van der Waals surface area contributed by atoms with E-state index >= 15 is 0 Å². The molecule has 0 saturated heterocycles. The lowest BCUT2D eigenvalue weighted by molar-refractivity contribution is 0.722. The molecule has 14 heavy (non-hydrogen) atoms. The quantitative estimate of drug-likeness (QED) is 0.737. The van der Waals surface area contributed by atoms with Crippen LogP contribution in [0.2, 0.25) is 0 Å². The Labute approximate surface area is 95.9 Å². The Balaban J connectivity index is 3.25. The smallest absolute Gasteiger partial charge is 0.0245 e. The summed E-state index contributed by atoms with van der Waals surface area (Å²) in [5.74, 6) is 0.618. The van der Waals surface area contributed by atoms with Gasteiger partial charge in [-0.25, -0.2) is 0 Å². The van der Waals surface area contributed by atoms with Gasteiger partial charge in [-0.15, -0.1) is 0 Å². The molecular weight excluding hydrogens is 236 g/mol. The second-order valence-corrected chi connectivity index (χ2v) is 4.62. The standard InChI is InChI=1S/C13H18Br/c1-5-9(3)12-10(4)7-8-11(6-2)13(12)14/h8-9H,5-6H2,1-4H3. The molecule has 1 radical (unpaired) electrons. The highest BCUT2D eigenvalue weighted by molar-refractivity contribution is 9.10. The summed E-state index contributed by atoms with van der Waals surface area (Å²) in [6, 6.07) is 5.45. The van der Waals surface area contributed by atoms with Crippen LogP contribution in [0.25, 0.3) is 0 Å². The molecule has 0 heterocycles. The van der Waals surface area contributed by atoms with Gasteiger partial charge >= 0.3 is 0 Å². The minimum absolute atomic E-state index is 0.618. The van der Waals surface area contributed by atoms with Gasteiger partial charge in [-0.05, 0) is 54.5 Å². The van der Waals surface area contributed by atoms with Crippen LogP contribution < -0.4 is 0 Å². The average Bonchev–Trinajstić information content (AvgIpc) is 2.18. The monoisotopic (exact) mass is 253 g/mol. The van der Waals surface area contributed by atoms with Gasteiger partial charge in [0.25, 0.3) is 0 Å². The first-order chi connectivity index (χ1) is 6.61. The molecule has 1 aromatic rings. The summed E-state index contributed by atoms with van der Waals surface area (Å²) in [4.78, 5) is 0. The van der Waals surface area contributed by atoms with Gasteiger partial charge < -0.3 is 0 Å². The number of aryl methyl sites for hydroxylation is 2. The molecule has 0 nitrogen and oxygen atoms in total. The molecule has 0 N–H and O–H groups in total. The van der Waals surface area contributed by atoms with Crippen LogP contribution in [0, 0.1) is 13.0 Å². The number of benzene rings is 1. The largest absolute Gasteiger partial charge is 0.0648 e. The number of halogens is 1. The summed E-state index contributed by atoms with van der Waals surface area (Å²) in [5, 5.41) is 0. The van der Waals surface area contributed by atoms with Crippen LogP contribution in [0.1, 0.15) is 49.8 Å². The van der Waals surface area contributed by atoms with Crippen molar-refractivity contribution in [3.8, 4) is 0 Å². The molecule has 1 aromatic carbocycles. The lowest BCUT2D eigenvalue weighted by Gasteiger charge is -2.17. The van der Waals surface area contributed by atoms with Gasteiger partial charge in [-0.3, -0.25) is 0 Å². The van der Waals surface area contributed by atoms with Crippen LogP contribution in [0.3, 0.4) is 0 Å². The van der Waals surface area contributed by atoms with Crippen LogP contribution in [-0.2, 0) is 6.42 Å². The Bertz CT molecular complexity index is 315. The van der Waals surface area contributed by atoms with Gasteiger partial charge in [0.2, 0.25) is 0 Å². The van der Waals surface area contributed by atoms with Gasteiger partial charge in [0, 0.05) is 4.47 Å². The maximum Gasteiger partial charge on any atom is 0.0245 e. The van der Waals surface area contributed by atoms with Crippen molar-refractivity contribution in [2.45, 2.75) is 46.5 Å². The average molecular weight is 254 g/mol. The highest BCUT2D eigenvalue weighted by Gasteiger charge is 2.12. The fourth-order valence-corrected chi connectivity index (χ4v) is 2.80. The first kappa shape index (κ1) is 11.8. The Morgan fingerprint density at radius 2 is 2.07 bits per heavy atom. The third kappa shape index (κ3) is 2.20. The summed E-state index contributed by atoms with van der Waals surface area (Å²) >= 11 is 3.71. The van der Waals surface area contributed by atoms with E-state index in [9.17, 15) is 0 Å². The first-order valence-electron chi connectivity index (χ1n) is 5.31. The minimum atomic E-state index is 0.618. The Kier molecular flexibility index (Phi) is 4.18. The summed E-state index contributed by atoms with van der Waals surface area (Å²) in [7, 11) is 0. The molecule has 0 aromatic heterocycles. The highest BCUT2D eigenvalue weighted by Crippen LogP contribution is 2.32. The predicted octanol–water partition coefficient (Wildman–Crippen LogP) is 4.63. The number of rotatable bonds is 3. The SMILES string of the molecule is CCc1c[c]c(C)c(C(C)CC)c1Br. The molecule has 0 spiro atoms. The second-order valence-electron chi connectivity index (χ2n) is 3.83. The maximum atomic E-state index is 3.71. The van der Waals surface area contributed by atoms with E-state index in [1.165, 1.54) is 27.6 Å². The van der Waals surface area contributed by atoms with Crippen molar-refractivity contribution in [2.24, 2.45) is 0 Å². The van der Waals surface area contributed by atoms with E-state index in [1.807, 2.05) is 0 Å². The molecule has 1 rings (SSSR count). The summed E-state index contributed by atoms with van der Waals surface area (Å²) < 4.78 is 1.30. The van der Waals surface area contributed by atoms with Crippen LogP contribution in [0.5, 0.6) is 0 Å². The van der Waals surface area contributed by atoms with Crippen molar-refractivity contribution in [2.75, 3.05) is 0 Å². The maximum absolute atomic E-state index is 3.71. The van der Waals surface area contributed by atoms with Gasteiger partial charge in [0.1, 0.15) is 0 Å². The van der Waals surface area contributed by atoms with Crippen LogP contribution >= 0.6 is 15.9 Å². The third-order valence-corrected chi connectivity index (χ3v) is 3.81. The highest BCUT2D eigenvalue weighted by atomic mass is 79.9. The molecule has 0 fully saturated rings. The fraction of sp³-hybridized carbons (Fsp3) is 0.538. The minimum Gasteiger partial charge on any atom is -0.0648 e. The normalized spacial score (nSPS) is 12.9. The van der Waals surface area contributed by atoms with Crippen LogP contribution in [0.4, 0.5) is 0 Å². The van der Waals surface area contributed by atoms with Crippen molar-refractivity contribution in [1.82, 2.24) is 0 Å². The van der Waals surface area contributed by atoms with Gasteiger partial charge in [-0.2, -0.15) is 0 Å². The summed E-state index contributed by atoms with van der Waals surface area (Å²) in [5.41, 5.74) is 4.08. The molecule has 1 heteroatoms. The van der Waals surface area contributed by atoms with E-state index in [-0.39, 0.29) is 0 Å². The lowest BCUT2D eigenvalue weighted by Crippen LogP contribution is -1.99. The van der Waals surface area contributed by atoms with Crippen LogP contribution in [-0.4, -0.2) is 0 Å². The van der Waals surface area contributed by atoms with Gasteiger partial charge in [0.15, 0.2) is 0 Å². The molecule has 0 aliphatic heterocycles. The molecule has 0 aliphatic rings. The van der Waals surface area contributed by atoms with E-state index < -0.39 is 0 Å². The molecule has 77 valence electrons. The van der Waals surface area contributed by atoms with Crippen LogP contribution in [0.15, 0.2) is 10.5 Å². The second kappa shape index (κ2) is 4.97. The molecule has 0 amide bonds. The third-order valence-electron chi connectivity index (χ3n) is 2.87. The number of hydrogen-bond donors (Lipinski definition) is 0. The summed E-state index contributed by atoms with van der Waals surface area (Å²) in [6.45, 7) is 8.84. The molecular formula is C13H18Br. The predicted molar refractivity (Wildman–Crippen MR) is 65.8 cm³/mol. The van der Waals surface area contributed by atoms with E-state index in [4.69, 9.17) is 0 Å². The van der Waals surface area contributed by atoms with E-state index in [0.717, 1.165) is 6.42 Å². The Morgan fingerprint density at radius 1 is 1.43 bits per heavy atom. The molecule has 1 atom stereocenters. The zero-order valence-electron chi connectivity index (χ0n) is 9.45. The molecule has 0 aliphatic carbocycles. The molecule has 1 unspecified atom stereocenters. The van der Waals surface area contributed by atoms with Gasteiger partial charge in [0.05, 0.1) is 0 Å². The lowest BCUT2D eigenvalue weighted by atomic mass is 9.92. The Hall–Kier alpha value is -0.300. The zero-order chi connectivity index (χ0) is 10.7. The van der Waals surface area contributed by atoms with Crippen molar-refractivity contribution in [3.63, 3.8) is 0 Å². The van der Waals surface area contributed by atoms with E-state index in [0.29, 0.717) is 5.92 Å². The Morgan fingerprint density at radius 3 is 2.57 bits per heavy atom. The first-order valence-corrected chi connectivity index (χ1v) is 6.10. The van der Waals surface area contributed by atoms with Crippen molar-refractivity contribution >= 4 is 15.9 Å². The summed E-state index contributed by atoms with van der Waals surface area (Å²) in [6.07, 6.45) is 2.25. The molecule has 0 bridgehead atoms. The molecule has 0 saturated carbocycles. The van der Waals surface area contributed by atoms with Crippen molar-refractivity contribution < 1.29 is 0 Å². The van der Waals surface area contributed by atoms with Gasteiger partial charge in [-0.1, -0.05) is 36.7 Å². The van der Waals surface area contributed by atoms with Crippen molar-refractivity contribution in [3.05, 3.63) is 33.3 Å². The fourth-order valence-electron chi connectivity index (χ4n) is 1.72. The van der Waals surface area contributed by atoms with E-state index in [2.05, 4.69) is 55.8 Å². The number of hydrogen-bond acceptors (Lipinski definition) is 0. The van der Waals surface area contributed by atoms with Crippen molar-refractivity contribution in [1.29, 1.82) is 0 Å².